The molecule has 2 rings (SSSR count). The highest BCUT2D eigenvalue weighted by molar-refractivity contribution is 5.79. The second-order valence-electron chi connectivity index (χ2n) is 7.60. The Bertz CT molecular complexity index is 390. The predicted octanol–water partition coefficient (Wildman–Crippen LogP) is 4.09. The summed E-state index contributed by atoms with van der Waals surface area (Å²) in [7, 11) is 0. The SMILES string of the molecule is CCCC(CC1CCCC1)C(=O)N1CCCC(CCC(=O)O)C1. The molecule has 1 saturated carbocycles. The zero-order valence-electron chi connectivity index (χ0n) is 14.6. The average molecular weight is 323 g/mol. The molecule has 23 heavy (non-hydrogen) atoms. The van der Waals surface area contributed by atoms with Gasteiger partial charge < -0.3 is 10.0 Å². The number of nitrogens with zero attached hydrogens (tertiary/aromatic N) is 1. The summed E-state index contributed by atoms with van der Waals surface area (Å²) in [5, 5.41) is 8.86. The van der Waals surface area contributed by atoms with Crippen LogP contribution in [0.15, 0.2) is 0 Å². The fourth-order valence-corrected chi connectivity index (χ4v) is 4.43. The van der Waals surface area contributed by atoms with Crippen molar-refractivity contribution in [2.24, 2.45) is 17.8 Å². The van der Waals surface area contributed by atoms with Gasteiger partial charge in [0, 0.05) is 25.4 Å². The normalized spacial score (nSPS) is 23.9. The smallest absolute Gasteiger partial charge is 0.303 e. The topological polar surface area (TPSA) is 57.6 Å². The molecule has 0 radical (unpaired) electrons. The third kappa shape index (κ3) is 5.82. The fraction of sp³-hybridized carbons (Fsp3) is 0.895. The number of amides is 1. The van der Waals surface area contributed by atoms with E-state index >= 15 is 0 Å². The number of hydrogen-bond acceptors (Lipinski definition) is 2. The van der Waals surface area contributed by atoms with Gasteiger partial charge in [-0.1, -0.05) is 39.0 Å². The minimum atomic E-state index is -0.724. The van der Waals surface area contributed by atoms with Gasteiger partial charge in [-0.15, -0.1) is 0 Å². The van der Waals surface area contributed by atoms with Crippen LogP contribution in [0.5, 0.6) is 0 Å². The van der Waals surface area contributed by atoms with Crippen LogP contribution in [0.1, 0.15) is 77.6 Å². The molecule has 2 fully saturated rings. The van der Waals surface area contributed by atoms with Crippen molar-refractivity contribution < 1.29 is 14.7 Å². The molecule has 1 amide bonds. The number of carboxylic acids is 1. The van der Waals surface area contributed by atoms with Gasteiger partial charge in [0.15, 0.2) is 0 Å². The summed E-state index contributed by atoms with van der Waals surface area (Å²) in [6.07, 6.45) is 11.4. The van der Waals surface area contributed by atoms with Crippen LogP contribution in [-0.2, 0) is 9.59 Å². The van der Waals surface area contributed by atoms with E-state index in [-0.39, 0.29) is 12.3 Å². The number of hydrogen-bond donors (Lipinski definition) is 1. The summed E-state index contributed by atoms with van der Waals surface area (Å²) in [5.74, 6) is 0.944. The molecule has 0 aromatic carbocycles. The quantitative estimate of drug-likeness (QED) is 0.732. The molecule has 1 aliphatic heterocycles. The van der Waals surface area contributed by atoms with Gasteiger partial charge in [0.05, 0.1) is 0 Å². The van der Waals surface area contributed by atoms with Gasteiger partial charge >= 0.3 is 5.97 Å². The zero-order valence-corrected chi connectivity index (χ0v) is 14.6. The molecule has 4 heteroatoms. The predicted molar refractivity (Wildman–Crippen MR) is 91.1 cm³/mol. The van der Waals surface area contributed by atoms with Crippen molar-refractivity contribution in [1.82, 2.24) is 4.90 Å². The number of carbonyl (C=O) groups is 2. The molecule has 0 spiro atoms. The maximum Gasteiger partial charge on any atom is 0.303 e. The van der Waals surface area contributed by atoms with Crippen molar-refractivity contribution in [2.75, 3.05) is 13.1 Å². The Hall–Kier alpha value is -1.06. The van der Waals surface area contributed by atoms with Gasteiger partial charge in [0.1, 0.15) is 0 Å². The van der Waals surface area contributed by atoms with Crippen LogP contribution in [0.4, 0.5) is 0 Å². The molecule has 132 valence electrons. The molecule has 2 aliphatic rings. The highest BCUT2D eigenvalue weighted by atomic mass is 16.4. The van der Waals surface area contributed by atoms with E-state index in [1.54, 1.807) is 0 Å². The van der Waals surface area contributed by atoms with E-state index in [1.165, 1.54) is 25.7 Å². The first-order valence-electron chi connectivity index (χ1n) is 9.60. The summed E-state index contributed by atoms with van der Waals surface area (Å²) in [6, 6.07) is 0. The van der Waals surface area contributed by atoms with Crippen LogP contribution < -0.4 is 0 Å². The molecular weight excluding hydrogens is 290 g/mol. The Morgan fingerprint density at radius 2 is 1.83 bits per heavy atom. The summed E-state index contributed by atoms with van der Waals surface area (Å²) in [6.45, 7) is 3.81. The van der Waals surface area contributed by atoms with Crippen LogP contribution in [0, 0.1) is 17.8 Å². The van der Waals surface area contributed by atoms with Crippen LogP contribution in [-0.4, -0.2) is 35.0 Å². The number of piperidine rings is 1. The lowest BCUT2D eigenvalue weighted by atomic mass is 9.87. The Balaban J connectivity index is 1.87. The molecule has 4 nitrogen and oxygen atoms in total. The van der Waals surface area contributed by atoms with E-state index in [4.69, 9.17) is 5.11 Å². The van der Waals surface area contributed by atoms with Gasteiger partial charge in [0.25, 0.3) is 0 Å². The fourth-order valence-electron chi connectivity index (χ4n) is 4.43. The molecule has 2 atom stereocenters. The van der Waals surface area contributed by atoms with Crippen LogP contribution in [0.25, 0.3) is 0 Å². The maximum absolute atomic E-state index is 13.0. The molecule has 0 aromatic rings. The molecule has 1 heterocycles. The standard InChI is InChI=1S/C19H33NO3/c1-2-6-17(13-15-7-3-4-8-15)19(23)20-12-5-9-16(14-20)10-11-18(21)22/h15-17H,2-14H2,1H3,(H,21,22). The molecule has 2 unspecified atom stereocenters. The first-order valence-corrected chi connectivity index (χ1v) is 9.60. The van der Waals surface area contributed by atoms with Gasteiger partial charge in [-0.3, -0.25) is 9.59 Å². The van der Waals surface area contributed by atoms with Gasteiger partial charge in [-0.2, -0.15) is 0 Å². The molecule has 1 aliphatic carbocycles. The van der Waals surface area contributed by atoms with Crippen molar-refractivity contribution in [3.8, 4) is 0 Å². The van der Waals surface area contributed by atoms with E-state index in [0.29, 0.717) is 18.2 Å². The Morgan fingerprint density at radius 3 is 2.48 bits per heavy atom. The summed E-state index contributed by atoms with van der Waals surface area (Å²) < 4.78 is 0. The summed E-state index contributed by atoms with van der Waals surface area (Å²) in [4.78, 5) is 25.8. The second kappa shape index (κ2) is 9.29. The molecule has 0 aromatic heterocycles. The van der Waals surface area contributed by atoms with Gasteiger partial charge in [-0.25, -0.2) is 0 Å². The molecule has 1 N–H and O–H groups in total. The third-order valence-corrected chi connectivity index (χ3v) is 5.68. The van der Waals surface area contributed by atoms with Crippen molar-refractivity contribution >= 4 is 11.9 Å². The van der Waals surface area contributed by atoms with E-state index < -0.39 is 5.97 Å². The second-order valence-corrected chi connectivity index (χ2v) is 7.60. The number of likely N-dealkylation sites (tertiary alicyclic amines) is 1. The Labute approximate surface area is 140 Å². The number of aliphatic carboxylic acids is 1. The maximum atomic E-state index is 13.0. The van der Waals surface area contributed by atoms with E-state index in [2.05, 4.69) is 6.92 Å². The number of carbonyl (C=O) groups excluding carboxylic acids is 1. The van der Waals surface area contributed by atoms with Crippen molar-refractivity contribution in [3.63, 3.8) is 0 Å². The van der Waals surface area contributed by atoms with Crippen LogP contribution >= 0.6 is 0 Å². The first-order chi connectivity index (χ1) is 11.1. The number of carboxylic acid groups (broad SMARTS) is 1. The van der Waals surface area contributed by atoms with Crippen molar-refractivity contribution in [1.29, 1.82) is 0 Å². The summed E-state index contributed by atoms with van der Waals surface area (Å²) >= 11 is 0. The lowest BCUT2D eigenvalue weighted by Crippen LogP contribution is -2.43. The van der Waals surface area contributed by atoms with E-state index in [1.807, 2.05) is 4.90 Å². The highest BCUT2D eigenvalue weighted by Crippen LogP contribution is 2.33. The van der Waals surface area contributed by atoms with Crippen molar-refractivity contribution in [2.45, 2.75) is 77.6 Å². The van der Waals surface area contributed by atoms with Crippen molar-refractivity contribution in [3.05, 3.63) is 0 Å². The third-order valence-electron chi connectivity index (χ3n) is 5.68. The van der Waals surface area contributed by atoms with Gasteiger partial charge in [0.2, 0.25) is 5.91 Å². The minimum absolute atomic E-state index is 0.196. The highest BCUT2D eigenvalue weighted by Gasteiger charge is 2.30. The lowest BCUT2D eigenvalue weighted by molar-refractivity contribution is -0.138. The molecule has 0 bridgehead atoms. The minimum Gasteiger partial charge on any atom is -0.481 e. The van der Waals surface area contributed by atoms with E-state index in [9.17, 15) is 9.59 Å². The average Bonchev–Trinajstić information content (AvgIpc) is 3.05. The monoisotopic (exact) mass is 323 g/mol. The lowest BCUT2D eigenvalue weighted by Gasteiger charge is -2.35. The Kier molecular flexibility index (Phi) is 7.38. The molecule has 1 saturated heterocycles. The van der Waals surface area contributed by atoms with E-state index in [0.717, 1.165) is 51.1 Å². The first kappa shape index (κ1) is 18.3. The summed E-state index contributed by atoms with van der Waals surface area (Å²) in [5.41, 5.74) is 0. The van der Waals surface area contributed by atoms with Crippen LogP contribution in [0.2, 0.25) is 0 Å². The number of rotatable bonds is 8. The molecular formula is C19H33NO3. The van der Waals surface area contributed by atoms with Gasteiger partial charge in [-0.05, 0) is 43.9 Å². The van der Waals surface area contributed by atoms with Crippen LogP contribution in [0.3, 0.4) is 0 Å². The Morgan fingerprint density at radius 1 is 1.13 bits per heavy atom. The zero-order chi connectivity index (χ0) is 16.7. The largest absolute Gasteiger partial charge is 0.481 e.